The molecule has 4 heteroatoms. The highest BCUT2D eigenvalue weighted by atomic mass is 35.5. The third-order valence-corrected chi connectivity index (χ3v) is 1.12. The molecule has 1 aliphatic rings. The smallest absolute Gasteiger partial charge is 0.266 e. The van der Waals surface area contributed by atoms with Crippen molar-refractivity contribution in [2.24, 2.45) is 10.7 Å². The number of amides is 1. The van der Waals surface area contributed by atoms with Crippen LogP contribution in [0.25, 0.3) is 0 Å². The van der Waals surface area contributed by atoms with Gasteiger partial charge in [0.05, 0.1) is 0 Å². The predicted molar refractivity (Wildman–Crippen MR) is 42.5 cm³/mol. The van der Waals surface area contributed by atoms with Crippen LogP contribution >= 0.6 is 12.4 Å². The van der Waals surface area contributed by atoms with Crippen LogP contribution in [0.15, 0.2) is 17.1 Å². The summed E-state index contributed by atoms with van der Waals surface area (Å²) in [6.45, 7) is 1.76. The summed E-state index contributed by atoms with van der Waals surface area (Å²) in [5.41, 5.74) is 6.02. The van der Waals surface area contributed by atoms with E-state index in [0.29, 0.717) is 0 Å². The summed E-state index contributed by atoms with van der Waals surface area (Å²) in [5, 5.41) is 0. The van der Waals surface area contributed by atoms with Crippen molar-refractivity contribution in [3.63, 3.8) is 0 Å². The summed E-state index contributed by atoms with van der Waals surface area (Å²) < 4.78 is 0. The van der Waals surface area contributed by atoms with Crippen molar-refractivity contribution >= 4 is 24.0 Å². The van der Waals surface area contributed by atoms with Crippen molar-refractivity contribution < 1.29 is 4.79 Å². The summed E-state index contributed by atoms with van der Waals surface area (Å²) in [6, 6.07) is -0.520. The molecule has 0 saturated carbocycles. The van der Waals surface area contributed by atoms with Gasteiger partial charge in [-0.05, 0) is 13.0 Å². The fourth-order valence-corrected chi connectivity index (χ4v) is 0.611. The maximum Gasteiger partial charge on any atom is 0.266 e. The summed E-state index contributed by atoms with van der Waals surface area (Å²) in [4.78, 5) is 14.3. The number of allylic oxidation sites excluding steroid dienone is 1. The lowest BCUT2D eigenvalue weighted by Gasteiger charge is -2.05. The topological polar surface area (TPSA) is 55.5 Å². The molecule has 0 fully saturated rings. The Labute approximate surface area is 65.4 Å². The molecule has 1 amide bonds. The first kappa shape index (κ1) is 9.33. The van der Waals surface area contributed by atoms with Crippen molar-refractivity contribution in [3.8, 4) is 0 Å². The summed E-state index contributed by atoms with van der Waals surface area (Å²) in [5.74, 6) is -0.255. The molecule has 0 spiro atoms. The number of carbonyl (C=O) groups is 1. The molecule has 3 nitrogen and oxygen atoms in total. The lowest BCUT2D eigenvalue weighted by Crippen LogP contribution is -2.29. The number of hydrogen-bond acceptors (Lipinski definition) is 2. The third-order valence-electron chi connectivity index (χ3n) is 1.12. The molecule has 1 heterocycles. The molecule has 0 aromatic rings. The SMILES string of the molecule is CC1=NC(=O)C(N)C=C1.Cl. The third kappa shape index (κ3) is 1.93. The quantitative estimate of drug-likeness (QED) is 0.554. The van der Waals surface area contributed by atoms with E-state index in [0.717, 1.165) is 5.71 Å². The van der Waals surface area contributed by atoms with Gasteiger partial charge in [0.15, 0.2) is 0 Å². The maximum absolute atomic E-state index is 10.6. The monoisotopic (exact) mass is 160 g/mol. The van der Waals surface area contributed by atoms with E-state index in [9.17, 15) is 4.79 Å². The highest BCUT2D eigenvalue weighted by molar-refractivity contribution is 6.05. The zero-order valence-corrected chi connectivity index (χ0v) is 6.39. The lowest BCUT2D eigenvalue weighted by atomic mass is 10.2. The molecule has 1 atom stereocenters. The standard InChI is InChI=1S/C6H8N2O.ClH/c1-4-2-3-5(7)6(9)8-4;/h2-3,5H,7H2,1H3;1H. The minimum atomic E-state index is -0.520. The molecule has 0 bridgehead atoms. The maximum atomic E-state index is 10.6. The van der Waals surface area contributed by atoms with E-state index in [-0.39, 0.29) is 18.3 Å². The normalized spacial score (nSPS) is 23.6. The molecule has 1 aliphatic heterocycles. The fraction of sp³-hybridized carbons (Fsp3) is 0.333. The number of nitrogens with zero attached hydrogens (tertiary/aromatic N) is 1. The van der Waals surface area contributed by atoms with Crippen LogP contribution in [0.3, 0.4) is 0 Å². The van der Waals surface area contributed by atoms with Crippen LogP contribution in [0.2, 0.25) is 0 Å². The molecule has 0 aromatic heterocycles. The van der Waals surface area contributed by atoms with Crippen molar-refractivity contribution in [2.45, 2.75) is 13.0 Å². The minimum Gasteiger partial charge on any atom is -0.317 e. The summed E-state index contributed by atoms with van der Waals surface area (Å²) >= 11 is 0. The van der Waals surface area contributed by atoms with Crippen LogP contribution in [0, 0.1) is 0 Å². The van der Waals surface area contributed by atoms with Crippen molar-refractivity contribution in [1.82, 2.24) is 0 Å². The Morgan fingerprint density at radius 1 is 1.70 bits per heavy atom. The van der Waals surface area contributed by atoms with Crippen LogP contribution in [0.5, 0.6) is 0 Å². The van der Waals surface area contributed by atoms with Gasteiger partial charge in [-0.1, -0.05) is 6.08 Å². The van der Waals surface area contributed by atoms with E-state index in [4.69, 9.17) is 5.73 Å². The average molecular weight is 161 g/mol. The average Bonchev–Trinajstić information content (AvgIpc) is 1.80. The lowest BCUT2D eigenvalue weighted by molar-refractivity contribution is -0.118. The zero-order valence-electron chi connectivity index (χ0n) is 5.57. The Balaban J connectivity index is 0.000000810. The molecule has 2 N–H and O–H groups in total. The Kier molecular flexibility index (Phi) is 3.25. The van der Waals surface area contributed by atoms with E-state index in [2.05, 4.69) is 4.99 Å². The number of halogens is 1. The fourth-order valence-electron chi connectivity index (χ4n) is 0.611. The minimum absolute atomic E-state index is 0. The summed E-state index contributed by atoms with van der Waals surface area (Å²) in [7, 11) is 0. The van der Waals surface area contributed by atoms with Gasteiger partial charge < -0.3 is 5.73 Å². The molecular weight excluding hydrogens is 152 g/mol. The first-order valence-corrected chi connectivity index (χ1v) is 2.73. The molecule has 0 saturated heterocycles. The Morgan fingerprint density at radius 3 is 2.70 bits per heavy atom. The van der Waals surface area contributed by atoms with E-state index in [1.807, 2.05) is 0 Å². The van der Waals surface area contributed by atoms with Gasteiger partial charge in [0.1, 0.15) is 6.04 Å². The first-order chi connectivity index (χ1) is 4.20. The van der Waals surface area contributed by atoms with E-state index in [1.165, 1.54) is 0 Å². The molecule has 0 aromatic carbocycles. The molecule has 56 valence electrons. The predicted octanol–water partition coefficient (Wildman–Crippen LogP) is 0.293. The highest BCUT2D eigenvalue weighted by Gasteiger charge is 2.11. The van der Waals surface area contributed by atoms with Gasteiger partial charge in [-0.15, -0.1) is 12.4 Å². The largest absolute Gasteiger partial charge is 0.317 e. The van der Waals surface area contributed by atoms with Gasteiger partial charge in [-0.25, -0.2) is 4.99 Å². The Hall–Kier alpha value is -0.670. The van der Waals surface area contributed by atoms with Crippen LogP contribution in [-0.4, -0.2) is 17.7 Å². The van der Waals surface area contributed by atoms with Gasteiger partial charge in [-0.2, -0.15) is 0 Å². The van der Waals surface area contributed by atoms with E-state index in [1.54, 1.807) is 19.1 Å². The number of hydrogen-bond donors (Lipinski definition) is 1. The Morgan fingerprint density at radius 2 is 2.30 bits per heavy atom. The van der Waals surface area contributed by atoms with Crippen LogP contribution < -0.4 is 5.73 Å². The van der Waals surface area contributed by atoms with Crippen molar-refractivity contribution in [1.29, 1.82) is 0 Å². The number of nitrogens with two attached hydrogens (primary N) is 1. The van der Waals surface area contributed by atoms with Gasteiger partial charge in [-0.3, -0.25) is 4.79 Å². The Bertz CT molecular complexity index is 198. The van der Waals surface area contributed by atoms with Crippen molar-refractivity contribution in [3.05, 3.63) is 12.2 Å². The van der Waals surface area contributed by atoms with Crippen LogP contribution in [0.4, 0.5) is 0 Å². The number of carbonyl (C=O) groups excluding carboxylic acids is 1. The molecule has 0 aliphatic carbocycles. The number of dihydropyridines is 1. The van der Waals surface area contributed by atoms with Crippen molar-refractivity contribution in [2.75, 3.05) is 0 Å². The molecule has 0 radical (unpaired) electrons. The van der Waals surface area contributed by atoms with E-state index >= 15 is 0 Å². The second-order valence-electron chi connectivity index (χ2n) is 1.98. The van der Waals surface area contributed by atoms with Gasteiger partial charge in [0, 0.05) is 5.71 Å². The van der Waals surface area contributed by atoms with Crippen LogP contribution in [-0.2, 0) is 4.79 Å². The number of rotatable bonds is 0. The van der Waals surface area contributed by atoms with Gasteiger partial charge in [0.25, 0.3) is 5.91 Å². The number of aliphatic imine (C=N–C) groups is 1. The molecule has 10 heavy (non-hydrogen) atoms. The zero-order chi connectivity index (χ0) is 6.85. The summed E-state index contributed by atoms with van der Waals surface area (Å²) in [6.07, 6.45) is 3.39. The first-order valence-electron chi connectivity index (χ1n) is 2.73. The second-order valence-corrected chi connectivity index (χ2v) is 1.98. The molecule has 1 unspecified atom stereocenters. The highest BCUT2D eigenvalue weighted by Crippen LogP contribution is 1.96. The molecule has 1 rings (SSSR count). The second kappa shape index (κ2) is 3.49. The van der Waals surface area contributed by atoms with Crippen LogP contribution in [0.1, 0.15) is 6.92 Å². The van der Waals surface area contributed by atoms with E-state index < -0.39 is 6.04 Å². The molecular formula is C6H9ClN2O. The van der Waals surface area contributed by atoms with Gasteiger partial charge in [0.2, 0.25) is 0 Å². The van der Waals surface area contributed by atoms with Gasteiger partial charge >= 0.3 is 0 Å².